The minimum Gasteiger partial charge on any atom is -0.444 e. The Morgan fingerprint density at radius 2 is 2.06 bits per heavy atom. The number of hydrogen-bond acceptors (Lipinski definition) is 3. The molecule has 0 heterocycles. The number of ether oxygens (including phenoxy) is 1. The van der Waals surface area contributed by atoms with Gasteiger partial charge in [0.15, 0.2) is 0 Å². The first kappa shape index (κ1) is 14.4. The molecule has 0 radical (unpaired) electrons. The summed E-state index contributed by atoms with van der Waals surface area (Å²) in [7, 11) is 0. The second-order valence-electron chi connectivity index (χ2n) is 5.04. The van der Waals surface area contributed by atoms with E-state index < -0.39 is 23.6 Å². The van der Waals surface area contributed by atoms with Gasteiger partial charge in [0.1, 0.15) is 11.4 Å². The molecule has 0 aliphatic carbocycles. The van der Waals surface area contributed by atoms with Crippen molar-refractivity contribution in [3.8, 4) is 0 Å². The Morgan fingerprint density at radius 1 is 1.44 bits per heavy atom. The summed E-state index contributed by atoms with van der Waals surface area (Å²) in [6, 6.07) is 4.03. The van der Waals surface area contributed by atoms with Crippen LogP contribution in [0.25, 0.3) is 0 Å². The summed E-state index contributed by atoms with van der Waals surface area (Å²) in [6.45, 7) is 6.71. The van der Waals surface area contributed by atoms with Crippen molar-refractivity contribution in [1.82, 2.24) is 0 Å². The van der Waals surface area contributed by atoms with Crippen molar-refractivity contribution in [2.24, 2.45) is 0 Å². The highest BCUT2D eigenvalue weighted by molar-refractivity contribution is 5.85. The number of rotatable bonds is 2. The highest BCUT2D eigenvalue weighted by Gasteiger charge is 2.17. The van der Waals surface area contributed by atoms with Gasteiger partial charge in [-0.15, -0.1) is 0 Å². The molecule has 4 nitrogen and oxygen atoms in total. The molecule has 1 amide bonds. The predicted octanol–water partition coefficient (Wildman–Crippen LogP) is 3.23. The SMILES string of the molecule is CC(O)c1ccc(F)c(NC(=O)OC(C)(C)C)c1. The van der Waals surface area contributed by atoms with Crippen molar-refractivity contribution >= 4 is 11.8 Å². The number of aliphatic hydroxyl groups excluding tert-OH is 1. The van der Waals surface area contributed by atoms with Gasteiger partial charge in [-0.2, -0.15) is 0 Å². The third-order valence-corrected chi connectivity index (χ3v) is 2.11. The second-order valence-corrected chi connectivity index (χ2v) is 5.04. The zero-order chi connectivity index (χ0) is 13.9. The zero-order valence-corrected chi connectivity index (χ0v) is 11.0. The summed E-state index contributed by atoms with van der Waals surface area (Å²) in [6.07, 6.45) is -1.46. The molecule has 100 valence electrons. The van der Waals surface area contributed by atoms with E-state index in [0.29, 0.717) is 5.56 Å². The summed E-state index contributed by atoms with van der Waals surface area (Å²) in [5.74, 6) is -0.578. The fourth-order valence-electron chi connectivity index (χ4n) is 1.31. The molecule has 1 unspecified atom stereocenters. The molecule has 0 bridgehead atoms. The molecule has 2 N–H and O–H groups in total. The molecule has 0 aliphatic rings. The van der Waals surface area contributed by atoms with Crippen molar-refractivity contribution < 1.29 is 19.0 Å². The maximum Gasteiger partial charge on any atom is 0.412 e. The first-order valence-electron chi connectivity index (χ1n) is 5.66. The van der Waals surface area contributed by atoms with Gasteiger partial charge in [0.05, 0.1) is 11.8 Å². The van der Waals surface area contributed by atoms with Crippen LogP contribution in [0.2, 0.25) is 0 Å². The molecule has 0 spiro atoms. The normalized spacial score (nSPS) is 13.0. The molecule has 0 saturated carbocycles. The van der Waals surface area contributed by atoms with E-state index in [9.17, 15) is 14.3 Å². The van der Waals surface area contributed by atoms with Gasteiger partial charge < -0.3 is 9.84 Å². The van der Waals surface area contributed by atoms with Crippen molar-refractivity contribution in [2.45, 2.75) is 39.4 Å². The first-order chi connectivity index (χ1) is 8.19. The Bertz CT molecular complexity index is 438. The van der Waals surface area contributed by atoms with Gasteiger partial charge in [-0.05, 0) is 45.4 Å². The Kier molecular flexibility index (Phi) is 4.29. The van der Waals surface area contributed by atoms with Crippen molar-refractivity contribution in [2.75, 3.05) is 5.32 Å². The Hall–Kier alpha value is -1.62. The number of nitrogens with one attached hydrogen (secondary N) is 1. The molecule has 0 saturated heterocycles. The second kappa shape index (κ2) is 5.35. The van der Waals surface area contributed by atoms with Gasteiger partial charge in [0.2, 0.25) is 0 Å². The third-order valence-electron chi connectivity index (χ3n) is 2.11. The summed E-state index contributed by atoms with van der Waals surface area (Å²) < 4.78 is 18.5. The van der Waals surface area contributed by atoms with E-state index in [2.05, 4.69) is 5.32 Å². The van der Waals surface area contributed by atoms with Gasteiger partial charge in [-0.25, -0.2) is 9.18 Å². The monoisotopic (exact) mass is 255 g/mol. The zero-order valence-electron chi connectivity index (χ0n) is 11.0. The van der Waals surface area contributed by atoms with Crippen LogP contribution in [-0.4, -0.2) is 16.8 Å². The first-order valence-corrected chi connectivity index (χ1v) is 5.66. The van der Waals surface area contributed by atoms with Gasteiger partial charge in [-0.1, -0.05) is 6.07 Å². The number of anilines is 1. The van der Waals surface area contributed by atoms with Crippen LogP contribution < -0.4 is 5.32 Å². The number of carbonyl (C=O) groups excluding carboxylic acids is 1. The van der Waals surface area contributed by atoms with Gasteiger partial charge in [-0.3, -0.25) is 5.32 Å². The number of halogens is 1. The number of hydrogen-bond donors (Lipinski definition) is 2. The highest BCUT2D eigenvalue weighted by atomic mass is 19.1. The van der Waals surface area contributed by atoms with Crippen LogP contribution >= 0.6 is 0 Å². The lowest BCUT2D eigenvalue weighted by atomic mass is 10.1. The average molecular weight is 255 g/mol. The maximum atomic E-state index is 13.5. The van der Waals surface area contributed by atoms with E-state index in [1.54, 1.807) is 27.7 Å². The average Bonchev–Trinajstić information content (AvgIpc) is 2.18. The highest BCUT2D eigenvalue weighted by Crippen LogP contribution is 2.21. The molecule has 0 aromatic heterocycles. The summed E-state index contributed by atoms with van der Waals surface area (Å²) >= 11 is 0. The van der Waals surface area contributed by atoms with Crippen molar-refractivity contribution in [3.05, 3.63) is 29.6 Å². The lowest BCUT2D eigenvalue weighted by molar-refractivity contribution is 0.0635. The summed E-state index contributed by atoms with van der Waals surface area (Å²) in [5.41, 5.74) is -0.146. The molecular weight excluding hydrogens is 237 g/mol. The number of carbonyl (C=O) groups is 1. The number of amides is 1. The number of benzene rings is 1. The topological polar surface area (TPSA) is 58.6 Å². The third kappa shape index (κ3) is 4.33. The van der Waals surface area contributed by atoms with Crippen LogP contribution in [0.15, 0.2) is 18.2 Å². The molecule has 5 heteroatoms. The van der Waals surface area contributed by atoms with Crippen molar-refractivity contribution in [1.29, 1.82) is 0 Å². The minimum atomic E-state index is -0.732. The molecule has 1 atom stereocenters. The van der Waals surface area contributed by atoms with Gasteiger partial charge in [0.25, 0.3) is 0 Å². The van der Waals surface area contributed by atoms with Crippen molar-refractivity contribution in [3.63, 3.8) is 0 Å². The molecule has 1 aromatic rings. The van der Waals surface area contributed by atoms with E-state index >= 15 is 0 Å². The van der Waals surface area contributed by atoms with E-state index in [-0.39, 0.29) is 5.69 Å². The summed E-state index contributed by atoms with van der Waals surface area (Å²) in [4.78, 5) is 11.5. The Labute approximate surface area is 106 Å². The lowest BCUT2D eigenvalue weighted by Gasteiger charge is -2.20. The van der Waals surface area contributed by atoms with E-state index in [4.69, 9.17) is 4.74 Å². The lowest BCUT2D eigenvalue weighted by Crippen LogP contribution is -2.27. The standard InChI is InChI=1S/C13H18FNO3/c1-8(16)9-5-6-10(14)11(7-9)15-12(17)18-13(2,3)4/h5-8,16H,1-4H3,(H,15,17). The number of aliphatic hydroxyl groups is 1. The fraction of sp³-hybridized carbons (Fsp3) is 0.462. The van der Waals surface area contributed by atoms with Gasteiger partial charge >= 0.3 is 6.09 Å². The maximum absolute atomic E-state index is 13.5. The van der Waals surface area contributed by atoms with E-state index in [0.717, 1.165) is 0 Å². The van der Waals surface area contributed by atoms with Crippen LogP contribution in [0.3, 0.4) is 0 Å². The molecule has 0 aliphatic heterocycles. The molecule has 0 fully saturated rings. The largest absolute Gasteiger partial charge is 0.444 e. The molecule has 1 aromatic carbocycles. The van der Waals surface area contributed by atoms with Crippen LogP contribution in [0.4, 0.5) is 14.9 Å². The fourth-order valence-corrected chi connectivity index (χ4v) is 1.31. The quantitative estimate of drug-likeness (QED) is 0.853. The molecular formula is C13H18FNO3. The predicted molar refractivity (Wildman–Crippen MR) is 66.9 cm³/mol. The van der Waals surface area contributed by atoms with Crippen LogP contribution in [0, 0.1) is 5.82 Å². The Balaban J connectivity index is 2.84. The Morgan fingerprint density at radius 3 is 2.56 bits per heavy atom. The summed E-state index contributed by atoms with van der Waals surface area (Å²) in [5, 5.41) is 11.7. The van der Waals surface area contributed by atoms with E-state index in [1.807, 2.05) is 0 Å². The van der Waals surface area contributed by atoms with Crippen LogP contribution in [-0.2, 0) is 4.74 Å². The minimum absolute atomic E-state index is 0.0114. The molecule has 1 rings (SSSR count). The van der Waals surface area contributed by atoms with Crippen LogP contribution in [0.1, 0.15) is 39.4 Å². The van der Waals surface area contributed by atoms with Crippen LogP contribution in [0.5, 0.6) is 0 Å². The smallest absolute Gasteiger partial charge is 0.412 e. The van der Waals surface area contributed by atoms with Gasteiger partial charge in [0, 0.05) is 0 Å². The van der Waals surface area contributed by atoms with E-state index in [1.165, 1.54) is 18.2 Å². The molecule has 18 heavy (non-hydrogen) atoms.